The predicted molar refractivity (Wildman–Crippen MR) is 54.4 cm³/mol. The van der Waals surface area contributed by atoms with Gasteiger partial charge in [0.2, 0.25) is 0 Å². The van der Waals surface area contributed by atoms with E-state index in [1.807, 2.05) is 13.8 Å². The van der Waals surface area contributed by atoms with Crippen molar-refractivity contribution in [1.82, 2.24) is 0 Å². The molecule has 0 amide bonds. The Morgan fingerprint density at radius 3 is 2.87 bits per heavy atom. The molecule has 1 fully saturated rings. The van der Waals surface area contributed by atoms with Crippen LogP contribution in [0.15, 0.2) is 0 Å². The van der Waals surface area contributed by atoms with Gasteiger partial charge in [0, 0.05) is 13.3 Å². The quantitative estimate of drug-likeness (QED) is 0.653. The van der Waals surface area contributed by atoms with Crippen LogP contribution < -0.4 is 0 Å². The highest BCUT2D eigenvalue weighted by molar-refractivity contribution is 5.80. The van der Waals surface area contributed by atoms with Gasteiger partial charge in [-0.05, 0) is 19.8 Å². The van der Waals surface area contributed by atoms with Crippen molar-refractivity contribution in [3.05, 3.63) is 0 Å². The van der Waals surface area contributed by atoms with Crippen LogP contribution in [0.1, 0.15) is 40.0 Å². The maximum atomic E-state index is 11.3. The van der Waals surface area contributed by atoms with Gasteiger partial charge in [-0.15, -0.1) is 0 Å². The van der Waals surface area contributed by atoms with Crippen molar-refractivity contribution in [2.24, 2.45) is 0 Å². The number of carbonyl (C=O) groups excluding carboxylic acids is 2. The molecular formula is C11H18O4. The monoisotopic (exact) mass is 214 g/mol. The molecule has 0 N–H and O–H groups in total. The molecule has 0 bridgehead atoms. The summed E-state index contributed by atoms with van der Waals surface area (Å²) in [7, 11) is 0. The number of rotatable bonds is 2. The summed E-state index contributed by atoms with van der Waals surface area (Å²) in [5.74, 6) is -0.248. The fourth-order valence-corrected chi connectivity index (χ4v) is 1.72. The number of hydrogen-bond donors (Lipinski definition) is 0. The Hall–Kier alpha value is -0.900. The minimum Gasteiger partial charge on any atom is -0.459 e. The molecule has 2 unspecified atom stereocenters. The number of carbonyl (C=O) groups is 2. The molecule has 0 aliphatic carbocycles. The summed E-state index contributed by atoms with van der Waals surface area (Å²) < 4.78 is 10.7. The van der Waals surface area contributed by atoms with Crippen LogP contribution in [-0.4, -0.2) is 30.1 Å². The standard InChI is InChI=1S/C11H18O4/c1-4-11(3)10(15-8(2)12)6-5-9(13)7-14-11/h10H,4-7H2,1-3H3. The molecule has 86 valence electrons. The minimum absolute atomic E-state index is 0.0735. The minimum atomic E-state index is -0.530. The zero-order valence-electron chi connectivity index (χ0n) is 9.54. The number of esters is 1. The van der Waals surface area contributed by atoms with Gasteiger partial charge >= 0.3 is 5.97 Å². The third kappa shape index (κ3) is 3.02. The Labute approximate surface area is 89.9 Å². The molecule has 4 nitrogen and oxygen atoms in total. The van der Waals surface area contributed by atoms with Crippen molar-refractivity contribution in [2.75, 3.05) is 6.61 Å². The molecule has 0 spiro atoms. The molecule has 15 heavy (non-hydrogen) atoms. The van der Waals surface area contributed by atoms with Crippen LogP contribution >= 0.6 is 0 Å². The van der Waals surface area contributed by atoms with Crippen molar-refractivity contribution < 1.29 is 19.1 Å². The van der Waals surface area contributed by atoms with Gasteiger partial charge in [0.15, 0.2) is 5.78 Å². The molecule has 1 aliphatic rings. The van der Waals surface area contributed by atoms with Crippen LogP contribution in [0.5, 0.6) is 0 Å². The second kappa shape index (κ2) is 4.75. The number of hydrogen-bond acceptors (Lipinski definition) is 4. The summed E-state index contributed by atoms with van der Waals surface area (Å²) in [6.07, 6.45) is 1.39. The summed E-state index contributed by atoms with van der Waals surface area (Å²) in [5.41, 5.74) is -0.530. The maximum absolute atomic E-state index is 11.3. The van der Waals surface area contributed by atoms with Crippen LogP contribution in [0.3, 0.4) is 0 Å². The van der Waals surface area contributed by atoms with Crippen LogP contribution in [0.2, 0.25) is 0 Å². The van der Waals surface area contributed by atoms with Gasteiger partial charge in [0.25, 0.3) is 0 Å². The first-order valence-corrected chi connectivity index (χ1v) is 5.31. The van der Waals surface area contributed by atoms with Gasteiger partial charge < -0.3 is 9.47 Å². The molecule has 0 aromatic carbocycles. The summed E-state index contributed by atoms with van der Waals surface area (Å²) in [6.45, 7) is 5.36. The number of ether oxygens (including phenoxy) is 2. The van der Waals surface area contributed by atoms with E-state index in [1.165, 1.54) is 6.92 Å². The van der Waals surface area contributed by atoms with Crippen LogP contribution in [0.25, 0.3) is 0 Å². The van der Waals surface area contributed by atoms with Gasteiger partial charge in [-0.3, -0.25) is 9.59 Å². The maximum Gasteiger partial charge on any atom is 0.303 e. The molecule has 0 aromatic heterocycles. The Bertz CT molecular complexity index is 261. The van der Waals surface area contributed by atoms with Crippen molar-refractivity contribution >= 4 is 11.8 Å². The lowest BCUT2D eigenvalue weighted by molar-refractivity contribution is -0.167. The Morgan fingerprint density at radius 1 is 1.67 bits per heavy atom. The zero-order chi connectivity index (χ0) is 11.5. The molecular weight excluding hydrogens is 196 g/mol. The van der Waals surface area contributed by atoms with Crippen LogP contribution in [0.4, 0.5) is 0 Å². The lowest BCUT2D eigenvalue weighted by Gasteiger charge is -2.33. The molecule has 1 rings (SSSR count). The average Bonchev–Trinajstić information content (AvgIpc) is 2.31. The predicted octanol–water partition coefficient (Wildman–Crippen LogP) is 1.47. The molecule has 1 saturated heterocycles. The normalized spacial score (nSPS) is 32.2. The largest absolute Gasteiger partial charge is 0.459 e. The molecule has 0 saturated carbocycles. The Balaban J connectivity index is 2.77. The van der Waals surface area contributed by atoms with E-state index in [1.54, 1.807) is 0 Å². The van der Waals surface area contributed by atoms with Gasteiger partial charge in [-0.2, -0.15) is 0 Å². The highest BCUT2D eigenvalue weighted by atomic mass is 16.6. The number of ketones is 1. The topological polar surface area (TPSA) is 52.6 Å². The van der Waals surface area contributed by atoms with Crippen molar-refractivity contribution in [2.45, 2.75) is 51.7 Å². The van der Waals surface area contributed by atoms with Crippen molar-refractivity contribution in [3.63, 3.8) is 0 Å². The van der Waals surface area contributed by atoms with Crippen LogP contribution in [-0.2, 0) is 19.1 Å². The first-order chi connectivity index (χ1) is 6.98. The number of Topliss-reactive ketones (excluding diaryl/α,β-unsaturated/α-hetero) is 1. The SMILES string of the molecule is CCC1(C)OCC(=O)CCC1OC(C)=O. The van der Waals surface area contributed by atoms with Gasteiger partial charge in [0.05, 0.1) is 0 Å². The van der Waals surface area contributed by atoms with E-state index >= 15 is 0 Å². The summed E-state index contributed by atoms with van der Waals surface area (Å²) in [6, 6.07) is 0. The summed E-state index contributed by atoms with van der Waals surface area (Å²) in [5, 5.41) is 0. The summed E-state index contributed by atoms with van der Waals surface area (Å²) in [4.78, 5) is 22.2. The van der Waals surface area contributed by atoms with Gasteiger partial charge in [-0.25, -0.2) is 0 Å². The molecule has 4 heteroatoms. The van der Waals surface area contributed by atoms with Crippen LogP contribution in [0, 0.1) is 0 Å². The second-order valence-electron chi connectivity index (χ2n) is 4.13. The van der Waals surface area contributed by atoms with Crippen molar-refractivity contribution in [3.8, 4) is 0 Å². The summed E-state index contributed by atoms with van der Waals surface area (Å²) >= 11 is 0. The average molecular weight is 214 g/mol. The van der Waals surface area contributed by atoms with Gasteiger partial charge in [-0.1, -0.05) is 6.92 Å². The first kappa shape index (κ1) is 12.2. The van der Waals surface area contributed by atoms with E-state index in [0.29, 0.717) is 12.8 Å². The Morgan fingerprint density at radius 2 is 2.33 bits per heavy atom. The fourth-order valence-electron chi connectivity index (χ4n) is 1.72. The lowest BCUT2D eigenvalue weighted by atomic mass is 9.92. The van der Waals surface area contributed by atoms with E-state index < -0.39 is 5.60 Å². The molecule has 1 heterocycles. The van der Waals surface area contributed by atoms with E-state index in [0.717, 1.165) is 6.42 Å². The highest BCUT2D eigenvalue weighted by Crippen LogP contribution is 2.29. The third-order valence-corrected chi connectivity index (χ3v) is 2.94. The molecule has 0 radical (unpaired) electrons. The highest BCUT2D eigenvalue weighted by Gasteiger charge is 2.38. The molecule has 2 atom stereocenters. The van der Waals surface area contributed by atoms with E-state index in [4.69, 9.17) is 9.47 Å². The zero-order valence-corrected chi connectivity index (χ0v) is 9.54. The Kier molecular flexibility index (Phi) is 3.85. The van der Waals surface area contributed by atoms with E-state index in [-0.39, 0.29) is 24.5 Å². The third-order valence-electron chi connectivity index (χ3n) is 2.94. The second-order valence-corrected chi connectivity index (χ2v) is 4.13. The van der Waals surface area contributed by atoms with Crippen molar-refractivity contribution in [1.29, 1.82) is 0 Å². The van der Waals surface area contributed by atoms with Gasteiger partial charge in [0.1, 0.15) is 18.3 Å². The first-order valence-electron chi connectivity index (χ1n) is 5.31. The molecule has 1 aliphatic heterocycles. The van der Waals surface area contributed by atoms with E-state index in [2.05, 4.69) is 0 Å². The van der Waals surface area contributed by atoms with E-state index in [9.17, 15) is 9.59 Å². The smallest absolute Gasteiger partial charge is 0.303 e. The lowest BCUT2D eigenvalue weighted by Crippen LogP contribution is -2.43. The fraction of sp³-hybridized carbons (Fsp3) is 0.818. The molecule has 0 aromatic rings.